The number of rotatable bonds is 6. The van der Waals surface area contributed by atoms with Crippen LogP contribution in [0.4, 0.5) is 18.9 Å². The van der Waals surface area contributed by atoms with Gasteiger partial charge in [0.2, 0.25) is 5.91 Å². The molecule has 3 heterocycles. The Bertz CT molecular complexity index is 1550. The average molecular weight is 609 g/mol. The number of pyridine rings is 1. The fourth-order valence-corrected chi connectivity index (χ4v) is 5.18. The molecule has 0 bridgehead atoms. The lowest BCUT2D eigenvalue weighted by Crippen LogP contribution is -2.38. The van der Waals surface area contributed by atoms with Gasteiger partial charge in [0.1, 0.15) is 6.07 Å². The molecule has 2 aliphatic rings. The summed E-state index contributed by atoms with van der Waals surface area (Å²) in [4.78, 5) is 47.5. The van der Waals surface area contributed by atoms with E-state index in [0.717, 1.165) is 62.1 Å². The van der Waals surface area contributed by atoms with Crippen molar-refractivity contribution in [3.05, 3.63) is 83.2 Å². The summed E-state index contributed by atoms with van der Waals surface area (Å²) in [6.45, 7) is 1.46. The van der Waals surface area contributed by atoms with Crippen LogP contribution in [0.2, 0.25) is 0 Å². The Labute approximate surface area is 251 Å². The Morgan fingerprint density at radius 1 is 1.14 bits per heavy atom. The van der Waals surface area contributed by atoms with Crippen molar-refractivity contribution in [2.75, 3.05) is 18.4 Å². The van der Waals surface area contributed by atoms with Gasteiger partial charge in [-0.15, -0.1) is 0 Å². The Morgan fingerprint density at radius 2 is 1.89 bits per heavy atom. The van der Waals surface area contributed by atoms with Crippen molar-refractivity contribution >= 4 is 29.0 Å². The van der Waals surface area contributed by atoms with E-state index in [9.17, 15) is 22.8 Å². The van der Waals surface area contributed by atoms with E-state index in [1.165, 1.54) is 23.8 Å². The molecular weight excluding hydrogens is 577 g/mol. The first-order chi connectivity index (χ1) is 21.0. The van der Waals surface area contributed by atoms with E-state index in [2.05, 4.69) is 38.5 Å². The topological polar surface area (TPSA) is 152 Å². The van der Waals surface area contributed by atoms with Crippen LogP contribution in [-0.4, -0.2) is 62.0 Å². The molecule has 3 aromatic rings. The first-order valence-corrected chi connectivity index (χ1v) is 14.1. The molecule has 10 nitrogen and oxygen atoms in total. The first-order valence-electron chi connectivity index (χ1n) is 14.1. The fraction of sp³-hybridized carbons (Fsp3) is 0.355. The van der Waals surface area contributed by atoms with Gasteiger partial charge in [-0.3, -0.25) is 14.6 Å². The third-order valence-electron chi connectivity index (χ3n) is 7.46. The van der Waals surface area contributed by atoms with Crippen molar-refractivity contribution < 1.29 is 32.7 Å². The third-order valence-corrected chi connectivity index (χ3v) is 7.46. The maximum Gasteiger partial charge on any atom is 0.490 e. The fourth-order valence-electron chi connectivity index (χ4n) is 5.18. The van der Waals surface area contributed by atoms with E-state index in [1.54, 1.807) is 6.20 Å². The number of carbonyl (C=O) groups excluding carboxylic acids is 2. The molecule has 3 N–H and O–H groups in total. The lowest BCUT2D eigenvalue weighted by molar-refractivity contribution is -0.192. The highest BCUT2D eigenvalue weighted by Crippen LogP contribution is 2.36. The number of likely N-dealkylation sites (tertiary alicyclic amines) is 1. The molecule has 1 aromatic carbocycles. The highest BCUT2D eigenvalue weighted by atomic mass is 19.4. The zero-order valence-corrected chi connectivity index (χ0v) is 23.7. The zero-order chi connectivity index (χ0) is 31.7. The number of nitriles is 1. The third kappa shape index (κ3) is 8.53. The maximum atomic E-state index is 12.8. The summed E-state index contributed by atoms with van der Waals surface area (Å²) in [6.07, 6.45) is 6.81. The first kappa shape index (κ1) is 31.9. The van der Waals surface area contributed by atoms with Crippen LogP contribution in [0, 0.1) is 11.3 Å². The minimum absolute atomic E-state index is 0.118. The van der Waals surface area contributed by atoms with E-state index >= 15 is 0 Å². The number of benzene rings is 1. The number of carboxylic acid groups (broad SMARTS) is 1. The van der Waals surface area contributed by atoms with E-state index < -0.39 is 12.1 Å². The van der Waals surface area contributed by atoms with Crippen molar-refractivity contribution in [3.8, 4) is 6.07 Å². The number of carbonyl (C=O) groups is 3. The van der Waals surface area contributed by atoms with Crippen LogP contribution in [0.5, 0.6) is 0 Å². The molecule has 5 rings (SSSR count). The Kier molecular flexibility index (Phi) is 10.5. The van der Waals surface area contributed by atoms with Crippen molar-refractivity contribution in [3.63, 3.8) is 0 Å². The second kappa shape index (κ2) is 14.5. The number of alkyl halides is 3. The second-order valence-corrected chi connectivity index (χ2v) is 10.4. The number of nitrogens with one attached hydrogen (secondary N) is 2. The van der Waals surface area contributed by atoms with Crippen LogP contribution < -0.4 is 5.32 Å². The Balaban J connectivity index is 0.000000566. The minimum atomic E-state index is -5.08. The molecule has 0 radical (unpaired) electrons. The van der Waals surface area contributed by atoms with Gasteiger partial charge in [-0.2, -0.15) is 18.4 Å². The standard InChI is InChI=1S/C29H30N6O2.C2HF3O2/c30-18-24-19-32-28(33-24)29(37)34-26-10-9-22(16-25(26)21-6-2-1-3-7-21)20-11-14-35(15-12-20)27(36)17-23-8-4-5-13-31-23;3-2(4,5)1(6)7/h4-6,8-10,13,16,19-20H,1-3,7,11-12,14-15,17H2,(H,32,33)(H,34,37);(H,6,7). The Hall–Kier alpha value is -4.99. The molecule has 0 saturated carbocycles. The van der Waals surface area contributed by atoms with Gasteiger partial charge in [-0.05, 0) is 79.8 Å². The van der Waals surface area contributed by atoms with Gasteiger partial charge in [0.25, 0.3) is 5.91 Å². The summed E-state index contributed by atoms with van der Waals surface area (Å²) in [6, 6.07) is 13.9. The molecule has 2 aromatic heterocycles. The molecule has 44 heavy (non-hydrogen) atoms. The normalized spacial score (nSPS) is 15.3. The highest BCUT2D eigenvalue weighted by molar-refractivity contribution is 6.03. The lowest BCUT2D eigenvalue weighted by Gasteiger charge is -2.32. The number of aromatic amines is 1. The molecule has 0 unspecified atom stereocenters. The number of H-pyrrole nitrogens is 1. The maximum absolute atomic E-state index is 12.8. The quantitative estimate of drug-likeness (QED) is 0.336. The predicted molar refractivity (Wildman–Crippen MR) is 154 cm³/mol. The van der Waals surface area contributed by atoms with Crippen molar-refractivity contribution in [2.45, 2.75) is 57.0 Å². The van der Waals surface area contributed by atoms with E-state index in [0.29, 0.717) is 12.3 Å². The number of hydrogen-bond acceptors (Lipinski definition) is 6. The summed E-state index contributed by atoms with van der Waals surface area (Å²) >= 11 is 0. The summed E-state index contributed by atoms with van der Waals surface area (Å²) < 4.78 is 31.7. The highest BCUT2D eigenvalue weighted by Gasteiger charge is 2.38. The predicted octanol–water partition coefficient (Wildman–Crippen LogP) is 5.47. The van der Waals surface area contributed by atoms with Gasteiger partial charge in [0.05, 0.1) is 6.42 Å². The van der Waals surface area contributed by atoms with E-state index in [4.69, 9.17) is 15.2 Å². The molecule has 0 spiro atoms. The summed E-state index contributed by atoms with van der Waals surface area (Å²) in [5, 5.41) is 19.1. The van der Waals surface area contributed by atoms with Crippen molar-refractivity contribution in [2.24, 2.45) is 0 Å². The molecule has 1 saturated heterocycles. The average Bonchev–Trinajstić information content (AvgIpc) is 3.52. The molecule has 1 aliphatic heterocycles. The molecular formula is C31H31F3N6O4. The van der Waals surface area contributed by atoms with Crippen LogP contribution in [-0.2, 0) is 16.0 Å². The second-order valence-electron chi connectivity index (χ2n) is 10.4. The summed E-state index contributed by atoms with van der Waals surface area (Å²) in [7, 11) is 0. The molecule has 1 aliphatic carbocycles. The van der Waals surface area contributed by atoms with Crippen molar-refractivity contribution in [1.82, 2.24) is 19.9 Å². The van der Waals surface area contributed by atoms with Gasteiger partial charge < -0.3 is 20.3 Å². The number of anilines is 1. The van der Waals surface area contributed by atoms with Crippen LogP contribution in [0.15, 0.2) is 54.9 Å². The SMILES string of the molecule is N#Cc1c[nH]c(C(=O)Nc2ccc(C3CCN(C(=O)Cc4ccccn4)CC3)cc2C2=CCCCC2)n1.O=C(O)C(F)(F)F. The monoisotopic (exact) mass is 608 g/mol. The minimum Gasteiger partial charge on any atom is -0.475 e. The number of nitrogens with zero attached hydrogens (tertiary/aromatic N) is 4. The van der Waals surface area contributed by atoms with E-state index in [-0.39, 0.29) is 23.3 Å². The smallest absolute Gasteiger partial charge is 0.475 e. The van der Waals surface area contributed by atoms with Gasteiger partial charge in [-0.25, -0.2) is 9.78 Å². The van der Waals surface area contributed by atoms with Gasteiger partial charge >= 0.3 is 12.1 Å². The van der Waals surface area contributed by atoms with Crippen LogP contribution in [0.3, 0.4) is 0 Å². The van der Waals surface area contributed by atoms with Crippen LogP contribution in [0.25, 0.3) is 5.57 Å². The molecule has 1 fully saturated rings. The molecule has 2 amide bonds. The largest absolute Gasteiger partial charge is 0.490 e. The number of aromatic nitrogens is 3. The zero-order valence-electron chi connectivity index (χ0n) is 23.7. The number of hydrogen-bond donors (Lipinski definition) is 3. The van der Waals surface area contributed by atoms with Gasteiger partial charge in [0, 0.05) is 42.4 Å². The number of halogens is 3. The number of piperidine rings is 1. The summed E-state index contributed by atoms with van der Waals surface area (Å²) in [5.41, 5.74) is 5.27. The van der Waals surface area contributed by atoms with Crippen LogP contribution in [0.1, 0.15) is 77.6 Å². The number of amides is 2. The Morgan fingerprint density at radius 3 is 2.48 bits per heavy atom. The van der Waals surface area contributed by atoms with Crippen molar-refractivity contribution in [1.29, 1.82) is 5.26 Å². The molecule has 13 heteroatoms. The summed E-state index contributed by atoms with van der Waals surface area (Å²) in [5.74, 6) is -2.53. The van der Waals surface area contributed by atoms with Crippen LogP contribution >= 0.6 is 0 Å². The molecule has 0 atom stereocenters. The number of allylic oxidation sites excluding steroid dienone is 2. The number of imidazole rings is 1. The van der Waals surface area contributed by atoms with E-state index in [1.807, 2.05) is 35.2 Å². The molecule has 230 valence electrons. The number of aliphatic carboxylic acids is 1. The van der Waals surface area contributed by atoms with Gasteiger partial charge in [0.15, 0.2) is 11.5 Å². The lowest BCUT2D eigenvalue weighted by atomic mass is 9.85. The number of carboxylic acids is 1. The van der Waals surface area contributed by atoms with Gasteiger partial charge in [-0.1, -0.05) is 18.2 Å².